The molecule has 1 fully saturated rings. The standard InChI is InChI=1S/C33H33N7O4/c1-21-7-9-24(10-8-21)40-31(17-22(2)39-40)38-33(42)36-27-11-12-29(26-6-4-3-5-25(26)27)44-19-23-13-14-35-30(18-23)37-32(41)28-20-43-16-15-34-28/h3-14,17-18,28,34H,15-16,19-20H2,1-2H3,(H,35,37,41)(H2,36,38,42)/t28-/m0/s1. The molecule has 0 radical (unpaired) electrons. The molecule has 3 heterocycles. The highest BCUT2D eigenvalue weighted by Crippen LogP contribution is 2.32. The lowest BCUT2D eigenvalue weighted by atomic mass is 10.1. The molecule has 44 heavy (non-hydrogen) atoms. The number of ether oxygens (including phenoxy) is 2. The Kier molecular flexibility index (Phi) is 8.48. The van der Waals surface area contributed by atoms with Crippen LogP contribution in [0.15, 0.2) is 85.1 Å². The molecule has 11 heteroatoms. The van der Waals surface area contributed by atoms with Gasteiger partial charge in [-0.25, -0.2) is 14.5 Å². The van der Waals surface area contributed by atoms with E-state index in [2.05, 4.69) is 31.3 Å². The van der Waals surface area contributed by atoms with Crippen molar-refractivity contribution in [2.45, 2.75) is 26.5 Å². The van der Waals surface area contributed by atoms with E-state index in [9.17, 15) is 9.59 Å². The second-order valence-electron chi connectivity index (χ2n) is 10.6. The Morgan fingerprint density at radius 2 is 1.80 bits per heavy atom. The Labute approximate surface area is 254 Å². The summed E-state index contributed by atoms with van der Waals surface area (Å²) in [5.74, 6) is 1.47. The number of hydrogen-bond acceptors (Lipinski definition) is 7. The number of nitrogens with one attached hydrogen (secondary N) is 4. The molecule has 11 nitrogen and oxygen atoms in total. The van der Waals surface area contributed by atoms with E-state index in [0.29, 0.717) is 42.8 Å². The number of carbonyl (C=O) groups excluding carboxylic acids is 2. The van der Waals surface area contributed by atoms with Gasteiger partial charge >= 0.3 is 6.03 Å². The van der Waals surface area contributed by atoms with E-state index in [4.69, 9.17) is 9.47 Å². The van der Waals surface area contributed by atoms with Gasteiger partial charge in [0.25, 0.3) is 0 Å². The Morgan fingerprint density at radius 3 is 2.59 bits per heavy atom. The molecule has 1 atom stereocenters. The van der Waals surface area contributed by atoms with Crippen LogP contribution in [0, 0.1) is 13.8 Å². The minimum absolute atomic E-state index is 0.192. The SMILES string of the molecule is Cc1ccc(-n2nc(C)cc2NC(=O)Nc2ccc(OCc3ccnc(NC(=O)[C@@H]4COCCN4)c3)c3ccccc23)cc1. The average Bonchev–Trinajstić information content (AvgIpc) is 3.41. The van der Waals surface area contributed by atoms with Crippen molar-refractivity contribution in [2.75, 3.05) is 35.7 Å². The number of anilines is 3. The third-order valence-corrected chi connectivity index (χ3v) is 7.19. The highest BCUT2D eigenvalue weighted by Gasteiger charge is 2.21. The van der Waals surface area contributed by atoms with Crippen molar-refractivity contribution < 1.29 is 19.1 Å². The van der Waals surface area contributed by atoms with Crippen molar-refractivity contribution in [3.8, 4) is 11.4 Å². The Morgan fingerprint density at radius 1 is 0.977 bits per heavy atom. The summed E-state index contributed by atoms with van der Waals surface area (Å²) >= 11 is 0. The maximum atomic E-state index is 13.1. The molecule has 0 bridgehead atoms. The summed E-state index contributed by atoms with van der Waals surface area (Å²) in [6, 6.07) is 23.9. The minimum Gasteiger partial charge on any atom is -0.488 e. The van der Waals surface area contributed by atoms with Gasteiger partial charge < -0.3 is 25.4 Å². The molecule has 2 aromatic heterocycles. The summed E-state index contributed by atoms with van der Waals surface area (Å²) < 4.78 is 13.3. The fourth-order valence-electron chi connectivity index (χ4n) is 4.99. The van der Waals surface area contributed by atoms with Crippen LogP contribution in [0.1, 0.15) is 16.8 Å². The highest BCUT2D eigenvalue weighted by molar-refractivity contribution is 6.07. The molecule has 5 aromatic rings. The molecule has 3 amide bonds. The van der Waals surface area contributed by atoms with Crippen molar-refractivity contribution in [2.24, 2.45) is 0 Å². The topological polar surface area (TPSA) is 131 Å². The van der Waals surface area contributed by atoms with Gasteiger partial charge in [-0.15, -0.1) is 0 Å². The number of aryl methyl sites for hydroxylation is 2. The van der Waals surface area contributed by atoms with E-state index in [1.807, 2.05) is 86.6 Å². The molecule has 0 unspecified atom stereocenters. The van der Waals surface area contributed by atoms with Gasteiger partial charge in [0.1, 0.15) is 30.0 Å². The molecule has 6 rings (SSSR count). The smallest absolute Gasteiger partial charge is 0.324 e. The van der Waals surface area contributed by atoms with Crippen LogP contribution in [0.3, 0.4) is 0 Å². The van der Waals surface area contributed by atoms with Gasteiger partial charge in [-0.3, -0.25) is 10.1 Å². The van der Waals surface area contributed by atoms with E-state index in [-0.39, 0.29) is 12.5 Å². The van der Waals surface area contributed by atoms with Gasteiger partial charge in [0.05, 0.1) is 30.3 Å². The number of hydrogen-bond donors (Lipinski definition) is 4. The van der Waals surface area contributed by atoms with E-state index in [1.54, 1.807) is 16.9 Å². The number of benzene rings is 3. The van der Waals surface area contributed by atoms with Crippen molar-refractivity contribution in [1.29, 1.82) is 0 Å². The second-order valence-corrected chi connectivity index (χ2v) is 10.6. The van der Waals surface area contributed by atoms with Crippen LogP contribution in [-0.4, -0.2) is 52.5 Å². The lowest BCUT2D eigenvalue weighted by Gasteiger charge is -2.22. The monoisotopic (exact) mass is 591 g/mol. The van der Waals surface area contributed by atoms with E-state index in [0.717, 1.165) is 33.3 Å². The molecule has 224 valence electrons. The van der Waals surface area contributed by atoms with Crippen LogP contribution in [0.25, 0.3) is 16.5 Å². The zero-order valence-corrected chi connectivity index (χ0v) is 24.5. The second kappa shape index (κ2) is 12.9. The quantitative estimate of drug-likeness (QED) is 0.195. The fourth-order valence-corrected chi connectivity index (χ4v) is 4.99. The van der Waals surface area contributed by atoms with Crippen molar-refractivity contribution in [1.82, 2.24) is 20.1 Å². The molecule has 1 saturated heterocycles. The molecule has 1 aliphatic rings. The van der Waals surface area contributed by atoms with Gasteiger partial charge in [0.2, 0.25) is 5.91 Å². The zero-order valence-electron chi connectivity index (χ0n) is 24.5. The molecule has 0 spiro atoms. The van der Waals surface area contributed by atoms with Gasteiger partial charge in [-0.2, -0.15) is 5.10 Å². The van der Waals surface area contributed by atoms with E-state index < -0.39 is 12.1 Å². The number of nitrogens with zero attached hydrogens (tertiary/aromatic N) is 3. The third-order valence-electron chi connectivity index (χ3n) is 7.19. The normalized spacial score (nSPS) is 14.6. The van der Waals surface area contributed by atoms with Crippen LogP contribution in [0.4, 0.5) is 22.1 Å². The number of carbonyl (C=O) groups is 2. The third kappa shape index (κ3) is 6.69. The predicted octanol–water partition coefficient (Wildman–Crippen LogP) is 5.19. The first-order chi connectivity index (χ1) is 21.4. The molecule has 0 saturated carbocycles. The Balaban J connectivity index is 1.14. The molecule has 1 aliphatic heterocycles. The van der Waals surface area contributed by atoms with Gasteiger partial charge in [0, 0.05) is 29.6 Å². The maximum absolute atomic E-state index is 13.1. The van der Waals surface area contributed by atoms with Crippen LogP contribution in [0.5, 0.6) is 5.75 Å². The summed E-state index contributed by atoms with van der Waals surface area (Å²) in [7, 11) is 0. The number of aromatic nitrogens is 3. The first kappa shape index (κ1) is 28.8. The number of fused-ring (bicyclic) bond motifs is 1. The molecule has 0 aliphatic carbocycles. The van der Waals surface area contributed by atoms with Crippen molar-refractivity contribution in [3.05, 3.63) is 102 Å². The lowest BCUT2D eigenvalue weighted by Crippen LogP contribution is -2.48. The number of pyridine rings is 1. The Hall–Kier alpha value is -5.26. The predicted molar refractivity (Wildman–Crippen MR) is 169 cm³/mol. The molecular weight excluding hydrogens is 558 g/mol. The summed E-state index contributed by atoms with van der Waals surface area (Å²) in [4.78, 5) is 29.9. The largest absolute Gasteiger partial charge is 0.488 e. The summed E-state index contributed by atoms with van der Waals surface area (Å²) in [6.45, 7) is 5.71. The molecule has 3 aromatic carbocycles. The highest BCUT2D eigenvalue weighted by atomic mass is 16.5. The minimum atomic E-state index is -0.412. The lowest BCUT2D eigenvalue weighted by molar-refractivity contribution is -0.120. The molecule has 4 N–H and O–H groups in total. The number of urea groups is 1. The van der Waals surface area contributed by atoms with Crippen LogP contribution in [0.2, 0.25) is 0 Å². The number of morpholine rings is 1. The summed E-state index contributed by atoms with van der Waals surface area (Å²) in [6.07, 6.45) is 1.63. The number of rotatable bonds is 8. The van der Waals surface area contributed by atoms with Crippen LogP contribution >= 0.6 is 0 Å². The van der Waals surface area contributed by atoms with Crippen LogP contribution in [-0.2, 0) is 16.1 Å². The zero-order chi connectivity index (χ0) is 30.5. The summed E-state index contributed by atoms with van der Waals surface area (Å²) in [5.41, 5.74) is 4.26. The van der Waals surface area contributed by atoms with Crippen molar-refractivity contribution in [3.63, 3.8) is 0 Å². The van der Waals surface area contributed by atoms with Gasteiger partial charge in [-0.05, 0) is 55.8 Å². The Bertz CT molecular complexity index is 1800. The van der Waals surface area contributed by atoms with Crippen molar-refractivity contribution >= 4 is 40.0 Å². The van der Waals surface area contributed by atoms with E-state index in [1.165, 1.54) is 0 Å². The van der Waals surface area contributed by atoms with Gasteiger partial charge in [0.15, 0.2) is 0 Å². The first-order valence-electron chi connectivity index (χ1n) is 14.4. The van der Waals surface area contributed by atoms with Gasteiger partial charge in [-0.1, -0.05) is 42.0 Å². The maximum Gasteiger partial charge on any atom is 0.324 e. The average molecular weight is 592 g/mol. The first-order valence-corrected chi connectivity index (χ1v) is 14.4. The van der Waals surface area contributed by atoms with Crippen LogP contribution < -0.4 is 26.0 Å². The molecular formula is C33H33N7O4. The number of amides is 3. The van der Waals surface area contributed by atoms with E-state index >= 15 is 0 Å². The fraction of sp³-hybridized carbons (Fsp3) is 0.212. The summed E-state index contributed by atoms with van der Waals surface area (Å²) in [5, 5.41) is 18.1.